The summed E-state index contributed by atoms with van der Waals surface area (Å²) in [4.78, 5) is 2.41. The third kappa shape index (κ3) is 3.35. The van der Waals surface area contributed by atoms with E-state index in [1.807, 2.05) is 0 Å². The van der Waals surface area contributed by atoms with Crippen LogP contribution in [0.15, 0.2) is 152 Å². The number of hydrogen-bond acceptors (Lipinski definition) is 1. The predicted octanol–water partition coefficient (Wildman–Crippen LogP) is 11.3. The minimum atomic E-state index is -0.399. The lowest BCUT2D eigenvalue weighted by atomic mass is 9.70. The molecule has 0 radical (unpaired) electrons. The minimum absolute atomic E-state index is 0.399. The van der Waals surface area contributed by atoms with E-state index >= 15 is 0 Å². The van der Waals surface area contributed by atoms with Gasteiger partial charge in [-0.15, -0.1) is 0 Å². The van der Waals surface area contributed by atoms with Gasteiger partial charge < -0.3 is 4.90 Å². The van der Waals surface area contributed by atoms with Crippen molar-refractivity contribution < 1.29 is 0 Å². The van der Waals surface area contributed by atoms with E-state index in [2.05, 4.69) is 170 Å². The number of aryl methyl sites for hydroxylation is 2. The molecular formula is C43H31N. The average Bonchev–Trinajstić information content (AvgIpc) is 3.53. The Morgan fingerprint density at radius 1 is 0.409 bits per heavy atom. The molecule has 7 aromatic rings. The van der Waals surface area contributed by atoms with Crippen LogP contribution in [-0.2, 0) is 5.41 Å². The standard InChI is InChI=1S/C43H31N/c1-28-18-21-31(22-19-28)44(32-12-9-10-29(2)26-32)33-23-24-37-41(27-33)43(40-25-20-30-11-3-4-13-34(30)42(37)40)38-16-7-5-14-35(38)36-15-6-8-17-39(36)43/h3-27H,1-2H3. The minimum Gasteiger partial charge on any atom is -0.310 e. The molecule has 0 atom stereocenters. The number of anilines is 3. The Kier molecular flexibility index (Phi) is 5.31. The van der Waals surface area contributed by atoms with Crippen LogP contribution in [0.1, 0.15) is 33.4 Å². The molecule has 0 unspecified atom stereocenters. The van der Waals surface area contributed by atoms with E-state index in [-0.39, 0.29) is 0 Å². The van der Waals surface area contributed by atoms with Crippen molar-refractivity contribution in [2.75, 3.05) is 4.90 Å². The molecule has 0 heterocycles. The summed E-state index contributed by atoms with van der Waals surface area (Å²) in [6.45, 7) is 4.32. The molecule has 1 heteroatoms. The van der Waals surface area contributed by atoms with Gasteiger partial charge in [-0.05, 0) is 111 Å². The number of nitrogens with zero attached hydrogens (tertiary/aromatic N) is 1. The van der Waals surface area contributed by atoms with Crippen LogP contribution in [0, 0.1) is 13.8 Å². The number of hydrogen-bond donors (Lipinski definition) is 0. The Bertz CT molecular complexity index is 2210. The third-order valence-corrected chi connectivity index (χ3v) is 9.77. The molecule has 2 aliphatic rings. The van der Waals surface area contributed by atoms with Crippen molar-refractivity contribution in [2.24, 2.45) is 0 Å². The normalized spacial score (nSPS) is 13.4. The van der Waals surface area contributed by atoms with Gasteiger partial charge in [0.05, 0.1) is 5.41 Å². The molecule has 208 valence electrons. The summed E-state index contributed by atoms with van der Waals surface area (Å²) in [6, 6.07) is 56.6. The van der Waals surface area contributed by atoms with E-state index in [0.717, 1.165) is 17.1 Å². The molecule has 1 spiro atoms. The Balaban J connectivity index is 1.40. The molecule has 0 N–H and O–H groups in total. The summed E-state index contributed by atoms with van der Waals surface area (Å²) in [5, 5.41) is 2.59. The zero-order valence-corrected chi connectivity index (χ0v) is 24.9. The van der Waals surface area contributed by atoms with Crippen LogP contribution in [0.25, 0.3) is 33.0 Å². The summed E-state index contributed by atoms with van der Waals surface area (Å²) < 4.78 is 0. The lowest BCUT2D eigenvalue weighted by molar-refractivity contribution is 0.794. The zero-order chi connectivity index (χ0) is 29.4. The summed E-state index contributed by atoms with van der Waals surface area (Å²) in [5.41, 5.74) is 16.4. The molecular weight excluding hydrogens is 530 g/mol. The second kappa shape index (κ2) is 9.30. The Labute approximate surface area is 258 Å². The zero-order valence-electron chi connectivity index (χ0n) is 24.9. The van der Waals surface area contributed by atoms with E-state index in [1.54, 1.807) is 0 Å². The van der Waals surface area contributed by atoms with E-state index in [9.17, 15) is 0 Å². The molecule has 1 nitrogen and oxygen atoms in total. The molecule has 9 rings (SSSR count). The number of rotatable bonds is 3. The highest BCUT2D eigenvalue weighted by molar-refractivity contribution is 6.06. The van der Waals surface area contributed by atoms with Gasteiger partial charge in [0.15, 0.2) is 0 Å². The van der Waals surface area contributed by atoms with Gasteiger partial charge in [-0.25, -0.2) is 0 Å². The van der Waals surface area contributed by atoms with Crippen molar-refractivity contribution >= 4 is 27.8 Å². The first-order valence-electron chi connectivity index (χ1n) is 15.4. The monoisotopic (exact) mass is 561 g/mol. The fourth-order valence-corrected chi connectivity index (χ4v) is 7.94. The van der Waals surface area contributed by atoms with Gasteiger partial charge in [-0.2, -0.15) is 0 Å². The highest BCUT2D eigenvalue weighted by Gasteiger charge is 2.52. The fourth-order valence-electron chi connectivity index (χ4n) is 7.94. The molecule has 2 aliphatic carbocycles. The van der Waals surface area contributed by atoms with Gasteiger partial charge in [0.2, 0.25) is 0 Å². The second-order valence-electron chi connectivity index (χ2n) is 12.3. The van der Waals surface area contributed by atoms with Crippen LogP contribution >= 0.6 is 0 Å². The molecule has 0 saturated heterocycles. The quantitative estimate of drug-likeness (QED) is 0.207. The van der Waals surface area contributed by atoms with Crippen molar-refractivity contribution in [3.05, 3.63) is 185 Å². The SMILES string of the molecule is Cc1ccc(N(c2cccc(C)c2)c2ccc3c(c2)C2(c4ccccc4-c4ccccc42)c2ccc4ccccc4c2-3)cc1. The predicted molar refractivity (Wildman–Crippen MR) is 184 cm³/mol. The molecule has 7 aromatic carbocycles. The fraction of sp³-hybridized carbons (Fsp3) is 0.0698. The van der Waals surface area contributed by atoms with Crippen molar-refractivity contribution in [3.8, 4) is 22.3 Å². The molecule has 0 amide bonds. The van der Waals surface area contributed by atoms with Gasteiger partial charge in [0.1, 0.15) is 0 Å². The van der Waals surface area contributed by atoms with Crippen LogP contribution < -0.4 is 4.90 Å². The lowest BCUT2D eigenvalue weighted by Gasteiger charge is -2.32. The average molecular weight is 562 g/mol. The van der Waals surface area contributed by atoms with Crippen LogP contribution in [0.2, 0.25) is 0 Å². The van der Waals surface area contributed by atoms with Crippen LogP contribution in [0.5, 0.6) is 0 Å². The van der Waals surface area contributed by atoms with E-state index in [4.69, 9.17) is 0 Å². The molecule has 44 heavy (non-hydrogen) atoms. The highest BCUT2D eigenvalue weighted by Crippen LogP contribution is 2.64. The van der Waals surface area contributed by atoms with E-state index in [0.29, 0.717) is 0 Å². The molecule has 0 fully saturated rings. The van der Waals surface area contributed by atoms with Gasteiger partial charge in [0.25, 0.3) is 0 Å². The van der Waals surface area contributed by atoms with E-state index in [1.165, 1.54) is 66.4 Å². The topological polar surface area (TPSA) is 3.24 Å². The molecule has 0 aromatic heterocycles. The summed E-state index contributed by atoms with van der Waals surface area (Å²) >= 11 is 0. The smallest absolute Gasteiger partial charge is 0.0726 e. The largest absolute Gasteiger partial charge is 0.310 e. The lowest BCUT2D eigenvalue weighted by Crippen LogP contribution is -2.26. The van der Waals surface area contributed by atoms with Crippen LogP contribution in [0.4, 0.5) is 17.1 Å². The maximum Gasteiger partial charge on any atom is 0.0726 e. The third-order valence-electron chi connectivity index (χ3n) is 9.77. The van der Waals surface area contributed by atoms with Gasteiger partial charge in [0, 0.05) is 17.1 Å². The van der Waals surface area contributed by atoms with Crippen molar-refractivity contribution in [1.82, 2.24) is 0 Å². The van der Waals surface area contributed by atoms with Crippen molar-refractivity contribution in [2.45, 2.75) is 19.3 Å². The molecule has 0 bridgehead atoms. The first kappa shape index (κ1) is 25.1. The number of fused-ring (bicyclic) bond motifs is 12. The summed E-state index contributed by atoms with van der Waals surface area (Å²) in [5.74, 6) is 0. The molecule has 0 saturated carbocycles. The summed E-state index contributed by atoms with van der Waals surface area (Å²) in [6.07, 6.45) is 0. The first-order chi connectivity index (χ1) is 21.6. The van der Waals surface area contributed by atoms with Gasteiger partial charge in [-0.3, -0.25) is 0 Å². The summed E-state index contributed by atoms with van der Waals surface area (Å²) in [7, 11) is 0. The van der Waals surface area contributed by atoms with Crippen molar-refractivity contribution in [3.63, 3.8) is 0 Å². The van der Waals surface area contributed by atoms with Crippen LogP contribution in [-0.4, -0.2) is 0 Å². The van der Waals surface area contributed by atoms with E-state index < -0.39 is 5.41 Å². The molecule has 0 aliphatic heterocycles. The Morgan fingerprint density at radius 2 is 1.07 bits per heavy atom. The Hall–Kier alpha value is -5.40. The second-order valence-corrected chi connectivity index (χ2v) is 12.3. The van der Waals surface area contributed by atoms with Crippen LogP contribution in [0.3, 0.4) is 0 Å². The van der Waals surface area contributed by atoms with Crippen molar-refractivity contribution in [1.29, 1.82) is 0 Å². The Morgan fingerprint density at radius 3 is 1.82 bits per heavy atom. The number of benzene rings is 7. The van der Waals surface area contributed by atoms with Gasteiger partial charge in [-0.1, -0.05) is 121 Å². The maximum absolute atomic E-state index is 2.48. The highest BCUT2D eigenvalue weighted by atomic mass is 15.1. The van der Waals surface area contributed by atoms with Gasteiger partial charge >= 0.3 is 0 Å². The maximum atomic E-state index is 2.48. The first-order valence-corrected chi connectivity index (χ1v) is 15.4.